The van der Waals surface area contributed by atoms with E-state index in [-0.39, 0.29) is 27.3 Å². The maximum atomic E-state index is 2.00. The van der Waals surface area contributed by atoms with Crippen LogP contribution in [0, 0.1) is 0 Å². The van der Waals surface area contributed by atoms with Crippen LogP contribution in [0.15, 0.2) is 24.3 Å². The van der Waals surface area contributed by atoms with Gasteiger partial charge in [-0.15, -0.1) is 0 Å². The van der Waals surface area contributed by atoms with E-state index in [2.05, 4.69) is 0 Å². The van der Waals surface area contributed by atoms with E-state index in [1.807, 2.05) is 52.0 Å². The average Bonchev–Trinajstić information content (AvgIpc) is 1.88. The molecular weight excluding hydrogens is 208 g/mol. The van der Waals surface area contributed by atoms with Crippen LogP contribution in [-0.4, -0.2) is 0 Å². The molecule has 0 spiro atoms. The molecule has 0 rings (SSSR count). The van der Waals surface area contributed by atoms with Gasteiger partial charge in [0.25, 0.3) is 0 Å². The van der Waals surface area contributed by atoms with E-state index in [1.165, 1.54) is 0 Å². The van der Waals surface area contributed by atoms with E-state index >= 15 is 0 Å². The van der Waals surface area contributed by atoms with Crippen molar-refractivity contribution in [2.24, 2.45) is 0 Å². The summed E-state index contributed by atoms with van der Waals surface area (Å²) in [5, 5.41) is 0. The zero-order valence-electron chi connectivity index (χ0n) is 7.02. The van der Waals surface area contributed by atoms with Crippen LogP contribution < -0.4 is 0 Å². The van der Waals surface area contributed by atoms with E-state index < -0.39 is 0 Å². The van der Waals surface area contributed by atoms with Gasteiger partial charge in [-0.1, -0.05) is 24.3 Å². The predicted octanol–water partition coefficient (Wildman–Crippen LogP) is 3.16. The van der Waals surface area contributed by atoms with E-state index in [0.717, 1.165) is 0 Å². The maximum Gasteiger partial charge on any atom is 0 e. The van der Waals surface area contributed by atoms with Crippen molar-refractivity contribution in [3.63, 3.8) is 0 Å². The second-order valence-electron chi connectivity index (χ2n) is 1.33. The number of hydrogen-bond acceptors (Lipinski definition) is 0. The van der Waals surface area contributed by atoms with Crippen molar-refractivity contribution in [2.45, 2.75) is 27.7 Å². The Balaban J connectivity index is -0.0000000720. The fourth-order valence-electron chi connectivity index (χ4n) is 0. The molecule has 0 aliphatic carbocycles. The second kappa shape index (κ2) is 23.8. The maximum absolute atomic E-state index is 2.00. The molecule has 0 aliphatic rings. The summed E-state index contributed by atoms with van der Waals surface area (Å²) in [5.41, 5.74) is 0. The molecule has 50 valence electrons. The Labute approximate surface area is 79.2 Å². The van der Waals surface area contributed by atoms with Gasteiger partial charge < -0.3 is 0 Å². The van der Waals surface area contributed by atoms with Crippen molar-refractivity contribution in [3.05, 3.63) is 24.3 Å². The van der Waals surface area contributed by atoms with Crippen LogP contribution in [0.2, 0.25) is 0 Å². The van der Waals surface area contributed by atoms with Crippen molar-refractivity contribution in [1.29, 1.82) is 0 Å². The predicted molar refractivity (Wildman–Crippen MR) is 41.0 cm³/mol. The minimum absolute atomic E-state index is 0. The SMILES string of the molecule is C/C=C/C.C/C=C/C.[Cd]. The summed E-state index contributed by atoms with van der Waals surface area (Å²) in [7, 11) is 0. The van der Waals surface area contributed by atoms with Crippen LogP contribution >= 0.6 is 0 Å². The Kier molecular flexibility index (Phi) is 42.7. The van der Waals surface area contributed by atoms with E-state index in [9.17, 15) is 0 Å². The molecule has 0 fully saturated rings. The second-order valence-corrected chi connectivity index (χ2v) is 1.33. The molecule has 0 saturated heterocycles. The molecule has 0 aromatic carbocycles. The van der Waals surface area contributed by atoms with Crippen molar-refractivity contribution in [3.8, 4) is 0 Å². The zero-order chi connectivity index (χ0) is 6.83. The Hall–Kier alpha value is 0.402. The van der Waals surface area contributed by atoms with Gasteiger partial charge in [0, 0.05) is 27.3 Å². The smallest absolute Gasteiger partial charge is 0 e. The Bertz CT molecular complexity index is 45.0. The molecule has 1 heteroatoms. The summed E-state index contributed by atoms with van der Waals surface area (Å²) < 4.78 is 0. The zero-order valence-corrected chi connectivity index (χ0v) is 11.1. The fourth-order valence-corrected chi connectivity index (χ4v) is 0. The van der Waals surface area contributed by atoms with Crippen LogP contribution in [0.25, 0.3) is 0 Å². The summed E-state index contributed by atoms with van der Waals surface area (Å²) in [6, 6.07) is 0. The molecule has 0 unspecified atom stereocenters. The Morgan fingerprint density at radius 1 is 0.556 bits per heavy atom. The molecule has 0 saturated carbocycles. The van der Waals surface area contributed by atoms with Crippen LogP contribution in [-0.2, 0) is 27.3 Å². The van der Waals surface area contributed by atoms with Gasteiger partial charge in [0.05, 0.1) is 0 Å². The van der Waals surface area contributed by atoms with Gasteiger partial charge in [0.1, 0.15) is 0 Å². The van der Waals surface area contributed by atoms with Gasteiger partial charge >= 0.3 is 0 Å². The third-order valence-electron chi connectivity index (χ3n) is 0.667. The summed E-state index contributed by atoms with van der Waals surface area (Å²) in [5.74, 6) is 0. The topological polar surface area (TPSA) is 0 Å². The molecule has 0 radical (unpaired) electrons. The first-order chi connectivity index (χ1) is 3.83. The number of hydrogen-bond donors (Lipinski definition) is 0. The number of allylic oxidation sites excluding steroid dienone is 4. The fraction of sp³-hybridized carbons (Fsp3) is 0.500. The van der Waals surface area contributed by atoms with Gasteiger partial charge in [-0.3, -0.25) is 0 Å². The minimum atomic E-state index is 0. The van der Waals surface area contributed by atoms with E-state index in [0.29, 0.717) is 0 Å². The van der Waals surface area contributed by atoms with Crippen molar-refractivity contribution < 1.29 is 27.3 Å². The van der Waals surface area contributed by atoms with Crippen molar-refractivity contribution in [2.75, 3.05) is 0 Å². The van der Waals surface area contributed by atoms with Crippen LogP contribution in [0.4, 0.5) is 0 Å². The van der Waals surface area contributed by atoms with Crippen LogP contribution in [0.5, 0.6) is 0 Å². The van der Waals surface area contributed by atoms with E-state index in [4.69, 9.17) is 0 Å². The van der Waals surface area contributed by atoms with Crippen LogP contribution in [0.3, 0.4) is 0 Å². The molecule has 0 aromatic rings. The van der Waals surface area contributed by atoms with Crippen LogP contribution in [0.1, 0.15) is 27.7 Å². The first-order valence-electron chi connectivity index (χ1n) is 2.98. The van der Waals surface area contributed by atoms with Crippen molar-refractivity contribution >= 4 is 0 Å². The Morgan fingerprint density at radius 2 is 0.667 bits per heavy atom. The molecule has 0 N–H and O–H groups in total. The summed E-state index contributed by atoms with van der Waals surface area (Å²) in [6.07, 6.45) is 8.00. The van der Waals surface area contributed by atoms with Crippen molar-refractivity contribution in [1.82, 2.24) is 0 Å². The number of rotatable bonds is 0. The van der Waals surface area contributed by atoms with Gasteiger partial charge in [-0.2, -0.15) is 0 Å². The molecule has 0 atom stereocenters. The summed E-state index contributed by atoms with van der Waals surface area (Å²) in [6.45, 7) is 8.00. The molecule has 9 heavy (non-hydrogen) atoms. The minimum Gasteiger partial charge on any atom is -0.0919 e. The molecular formula is C8H16Cd. The third kappa shape index (κ3) is 59.7. The largest absolute Gasteiger partial charge is 0.0919 e. The molecule has 0 bridgehead atoms. The average molecular weight is 225 g/mol. The van der Waals surface area contributed by atoms with Gasteiger partial charge in [-0.05, 0) is 27.7 Å². The molecule has 0 amide bonds. The van der Waals surface area contributed by atoms with E-state index in [1.54, 1.807) is 0 Å². The summed E-state index contributed by atoms with van der Waals surface area (Å²) in [4.78, 5) is 0. The Morgan fingerprint density at radius 3 is 0.667 bits per heavy atom. The quantitative estimate of drug-likeness (QED) is 0.438. The molecule has 0 nitrogen and oxygen atoms in total. The molecule has 0 aliphatic heterocycles. The monoisotopic (exact) mass is 226 g/mol. The first-order valence-corrected chi connectivity index (χ1v) is 2.98. The molecule has 0 aromatic heterocycles. The normalized spacial score (nSPS) is 8.44. The molecule has 0 heterocycles. The summed E-state index contributed by atoms with van der Waals surface area (Å²) >= 11 is 0. The first kappa shape index (κ1) is 16.2. The van der Waals surface area contributed by atoms with Gasteiger partial charge in [-0.25, -0.2) is 0 Å². The standard InChI is InChI=1S/2C4H8.Cd/c2*1-3-4-2;/h2*3-4H,1-2H3;/b2*4-3+;. The van der Waals surface area contributed by atoms with Gasteiger partial charge in [0.2, 0.25) is 0 Å². The third-order valence-corrected chi connectivity index (χ3v) is 0.667. The van der Waals surface area contributed by atoms with Gasteiger partial charge in [0.15, 0.2) is 0 Å².